The number of benzene rings is 1. The van der Waals surface area contributed by atoms with Gasteiger partial charge in [0.15, 0.2) is 0 Å². The number of hydrogen-bond acceptors (Lipinski definition) is 2. The van der Waals surface area contributed by atoms with Crippen LogP contribution < -0.4 is 5.73 Å². The van der Waals surface area contributed by atoms with Gasteiger partial charge < -0.3 is 10.3 Å². The van der Waals surface area contributed by atoms with Gasteiger partial charge in [-0.15, -0.1) is 0 Å². The van der Waals surface area contributed by atoms with E-state index >= 15 is 0 Å². The molecule has 0 saturated heterocycles. The molecule has 2 N–H and O–H groups in total. The molecule has 1 aromatic carbocycles. The van der Waals surface area contributed by atoms with Crippen molar-refractivity contribution in [3.05, 3.63) is 42.2 Å². The van der Waals surface area contributed by atoms with Crippen LogP contribution >= 0.6 is 0 Å². The Morgan fingerprint density at radius 3 is 2.72 bits per heavy atom. The number of anilines is 1. The average Bonchev–Trinajstić information content (AvgIpc) is 2.67. The minimum absolute atomic E-state index is 0.120. The summed E-state index contributed by atoms with van der Waals surface area (Å²) in [5.41, 5.74) is 7.80. The van der Waals surface area contributed by atoms with Crippen molar-refractivity contribution in [2.24, 2.45) is 5.41 Å². The van der Waals surface area contributed by atoms with Crippen molar-refractivity contribution in [2.45, 2.75) is 27.2 Å². The smallest absolute Gasteiger partial charge is 0.147 e. The number of nitrogens with zero attached hydrogens (tertiary/aromatic N) is 2. The summed E-state index contributed by atoms with van der Waals surface area (Å²) < 4.78 is 15.6. The maximum absolute atomic E-state index is 13.8. The number of halogens is 1. The van der Waals surface area contributed by atoms with E-state index in [0.29, 0.717) is 11.4 Å². The molecule has 2 rings (SSSR count). The van der Waals surface area contributed by atoms with E-state index in [1.165, 1.54) is 6.07 Å². The molecule has 1 heterocycles. The van der Waals surface area contributed by atoms with E-state index in [0.717, 1.165) is 12.1 Å². The minimum atomic E-state index is -0.294. The molecule has 0 aliphatic rings. The number of nitrogen functional groups attached to an aromatic ring is 1. The van der Waals surface area contributed by atoms with Gasteiger partial charge in [0.1, 0.15) is 5.82 Å². The molecule has 0 unspecified atom stereocenters. The van der Waals surface area contributed by atoms with Crippen LogP contribution in [0, 0.1) is 11.2 Å². The van der Waals surface area contributed by atoms with Crippen LogP contribution in [0.25, 0.3) is 5.69 Å². The zero-order valence-electron chi connectivity index (χ0n) is 10.9. The zero-order valence-corrected chi connectivity index (χ0v) is 10.9. The fraction of sp³-hybridized carbons (Fsp3) is 0.357. The molecule has 1 aromatic heterocycles. The van der Waals surface area contributed by atoms with Crippen molar-refractivity contribution >= 4 is 5.69 Å². The van der Waals surface area contributed by atoms with Gasteiger partial charge in [-0.25, -0.2) is 9.37 Å². The van der Waals surface area contributed by atoms with Gasteiger partial charge in [0, 0.05) is 17.6 Å². The first-order chi connectivity index (χ1) is 8.37. The van der Waals surface area contributed by atoms with Crippen LogP contribution in [0.15, 0.2) is 30.7 Å². The Balaban J connectivity index is 2.45. The molecule has 0 saturated carbocycles. The second-order valence-corrected chi connectivity index (χ2v) is 5.70. The molecule has 0 amide bonds. The van der Waals surface area contributed by atoms with Gasteiger partial charge in [0.05, 0.1) is 12.0 Å². The van der Waals surface area contributed by atoms with E-state index in [9.17, 15) is 4.39 Å². The summed E-state index contributed by atoms with van der Waals surface area (Å²) in [5, 5.41) is 0. The van der Waals surface area contributed by atoms with Gasteiger partial charge in [0.25, 0.3) is 0 Å². The maximum Gasteiger partial charge on any atom is 0.147 e. The quantitative estimate of drug-likeness (QED) is 0.828. The first-order valence-electron chi connectivity index (χ1n) is 5.93. The molecule has 0 fully saturated rings. The van der Waals surface area contributed by atoms with Gasteiger partial charge in [-0.2, -0.15) is 0 Å². The van der Waals surface area contributed by atoms with Crippen LogP contribution in [0.4, 0.5) is 10.1 Å². The first-order valence-corrected chi connectivity index (χ1v) is 5.93. The fourth-order valence-corrected chi connectivity index (χ4v) is 1.93. The number of imidazole rings is 1. The Hall–Kier alpha value is -1.84. The summed E-state index contributed by atoms with van der Waals surface area (Å²) in [7, 11) is 0. The van der Waals surface area contributed by atoms with E-state index in [1.807, 2.05) is 0 Å². The van der Waals surface area contributed by atoms with E-state index in [4.69, 9.17) is 5.73 Å². The second kappa shape index (κ2) is 4.44. The molecule has 0 atom stereocenters. The third-order valence-electron chi connectivity index (χ3n) is 2.66. The highest BCUT2D eigenvalue weighted by Crippen LogP contribution is 2.24. The third kappa shape index (κ3) is 2.70. The first kappa shape index (κ1) is 12.6. The summed E-state index contributed by atoms with van der Waals surface area (Å²) in [6.07, 6.45) is 4.22. The third-order valence-corrected chi connectivity index (χ3v) is 2.66. The van der Waals surface area contributed by atoms with Gasteiger partial charge >= 0.3 is 0 Å². The van der Waals surface area contributed by atoms with Crippen molar-refractivity contribution < 1.29 is 4.39 Å². The molecule has 0 bridgehead atoms. The lowest BCUT2D eigenvalue weighted by atomic mass is 9.91. The Labute approximate surface area is 106 Å². The standard InChI is InChI=1S/C14H18FN3/c1-14(2,3)7-11-8-17-9-18(11)13-6-10(16)4-5-12(13)15/h4-6,8-9H,7,16H2,1-3H3. The largest absolute Gasteiger partial charge is 0.399 e. The molecule has 18 heavy (non-hydrogen) atoms. The molecular weight excluding hydrogens is 229 g/mol. The normalized spacial score (nSPS) is 11.8. The molecule has 96 valence electrons. The number of rotatable bonds is 2. The van der Waals surface area contributed by atoms with E-state index < -0.39 is 0 Å². The van der Waals surface area contributed by atoms with Crippen molar-refractivity contribution in [3.8, 4) is 5.69 Å². The van der Waals surface area contributed by atoms with E-state index in [2.05, 4.69) is 25.8 Å². The van der Waals surface area contributed by atoms with Crippen LogP contribution in [0.3, 0.4) is 0 Å². The SMILES string of the molecule is CC(C)(C)Cc1cncn1-c1cc(N)ccc1F. The predicted molar refractivity (Wildman–Crippen MR) is 71.1 cm³/mol. The zero-order chi connectivity index (χ0) is 13.3. The molecule has 2 aromatic rings. The molecular formula is C14H18FN3. The summed E-state index contributed by atoms with van der Waals surface area (Å²) >= 11 is 0. The fourth-order valence-electron chi connectivity index (χ4n) is 1.93. The maximum atomic E-state index is 13.8. The molecule has 3 nitrogen and oxygen atoms in total. The second-order valence-electron chi connectivity index (χ2n) is 5.70. The van der Waals surface area contributed by atoms with E-state index in [-0.39, 0.29) is 11.2 Å². The summed E-state index contributed by atoms with van der Waals surface area (Å²) in [5.74, 6) is -0.294. The minimum Gasteiger partial charge on any atom is -0.399 e. The van der Waals surface area contributed by atoms with Crippen LogP contribution in [0.2, 0.25) is 0 Å². The van der Waals surface area contributed by atoms with Crippen molar-refractivity contribution in [2.75, 3.05) is 5.73 Å². The molecule has 0 spiro atoms. The van der Waals surface area contributed by atoms with Crippen LogP contribution in [-0.2, 0) is 6.42 Å². The van der Waals surface area contributed by atoms with Crippen LogP contribution in [0.1, 0.15) is 26.5 Å². The average molecular weight is 247 g/mol. The highest BCUT2D eigenvalue weighted by atomic mass is 19.1. The van der Waals surface area contributed by atoms with Crippen molar-refractivity contribution in [1.82, 2.24) is 9.55 Å². The Kier molecular flexibility index (Phi) is 3.11. The highest BCUT2D eigenvalue weighted by molar-refractivity contribution is 5.49. The summed E-state index contributed by atoms with van der Waals surface area (Å²) in [6, 6.07) is 4.56. The lowest BCUT2D eigenvalue weighted by Gasteiger charge is -2.19. The van der Waals surface area contributed by atoms with Gasteiger partial charge in [-0.05, 0) is 30.0 Å². The number of nitrogens with two attached hydrogens (primary N) is 1. The van der Waals surface area contributed by atoms with Gasteiger partial charge in [-0.1, -0.05) is 20.8 Å². The van der Waals surface area contributed by atoms with Crippen LogP contribution in [0.5, 0.6) is 0 Å². The predicted octanol–water partition coefficient (Wildman–Crippen LogP) is 3.18. The van der Waals surface area contributed by atoms with Crippen molar-refractivity contribution in [1.29, 1.82) is 0 Å². The highest BCUT2D eigenvalue weighted by Gasteiger charge is 2.16. The number of aromatic nitrogens is 2. The summed E-state index contributed by atoms with van der Waals surface area (Å²) in [4.78, 5) is 4.11. The molecule has 0 aliphatic heterocycles. The molecule has 0 aliphatic carbocycles. The van der Waals surface area contributed by atoms with Gasteiger partial charge in [-0.3, -0.25) is 0 Å². The molecule has 0 radical (unpaired) electrons. The van der Waals surface area contributed by atoms with Gasteiger partial charge in [0.2, 0.25) is 0 Å². The topological polar surface area (TPSA) is 43.8 Å². The molecule has 4 heteroatoms. The lowest BCUT2D eigenvalue weighted by Crippen LogP contribution is -2.13. The van der Waals surface area contributed by atoms with E-state index in [1.54, 1.807) is 29.2 Å². The van der Waals surface area contributed by atoms with Crippen molar-refractivity contribution in [3.63, 3.8) is 0 Å². The Morgan fingerprint density at radius 1 is 1.33 bits per heavy atom. The Bertz CT molecular complexity index is 552. The van der Waals surface area contributed by atoms with Crippen LogP contribution in [-0.4, -0.2) is 9.55 Å². The Morgan fingerprint density at radius 2 is 2.06 bits per heavy atom. The monoisotopic (exact) mass is 247 g/mol. The lowest BCUT2D eigenvalue weighted by molar-refractivity contribution is 0.403. The summed E-state index contributed by atoms with van der Waals surface area (Å²) in [6.45, 7) is 6.42. The number of hydrogen-bond donors (Lipinski definition) is 1.